The SMILES string of the molecule is COc1ccc(C2(N)CCC2)cc1OC1CS(=O)(=O)C1. The molecule has 110 valence electrons. The Kier molecular flexibility index (Phi) is 3.17. The molecule has 1 aromatic carbocycles. The Bertz CT molecular complexity index is 610. The molecule has 1 heterocycles. The predicted octanol–water partition coefficient (Wildman–Crippen LogP) is 1.21. The van der Waals surface area contributed by atoms with Crippen LogP contribution >= 0.6 is 0 Å². The number of hydrogen-bond donors (Lipinski definition) is 1. The smallest absolute Gasteiger partial charge is 0.162 e. The third-order valence-corrected chi connectivity index (χ3v) is 5.92. The molecule has 1 saturated carbocycles. The van der Waals surface area contributed by atoms with E-state index in [1.807, 2.05) is 18.2 Å². The van der Waals surface area contributed by atoms with Gasteiger partial charge in [-0.15, -0.1) is 0 Å². The molecule has 2 fully saturated rings. The molecular weight excluding hydrogens is 278 g/mol. The largest absolute Gasteiger partial charge is 0.493 e. The standard InChI is InChI=1S/C14H19NO4S/c1-18-12-4-3-10(14(15)5-2-6-14)7-13(12)19-11-8-20(16,17)9-11/h3-4,7,11H,2,5-6,8-9,15H2,1H3. The average Bonchev–Trinajstić information content (AvgIpc) is 2.33. The normalized spacial score (nSPS) is 23.5. The van der Waals surface area contributed by atoms with Gasteiger partial charge in [0.2, 0.25) is 0 Å². The highest BCUT2D eigenvalue weighted by atomic mass is 32.2. The first-order valence-electron chi connectivity index (χ1n) is 6.76. The van der Waals surface area contributed by atoms with E-state index in [2.05, 4.69) is 0 Å². The van der Waals surface area contributed by atoms with Gasteiger partial charge in [-0.05, 0) is 37.0 Å². The molecule has 1 aliphatic carbocycles. The summed E-state index contributed by atoms with van der Waals surface area (Å²) in [6.07, 6.45) is 2.80. The first-order chi connectivity index (χ1) is 9.42. The monoisotopic (exact) mass is 297 g/mol. The summed E-state index contributed by atoms with van der Waals surface area (Å²) in [6.45, 7) is 0. The highest BCUT2D eigenvalue weighted by molar-refractivity contribution is 7.92. The summed E-state index contributed by atoms with van der Waals surface area (Å²) in [4.78, 5) is 0. The number of methoxy groups -OCH3 is 1. The molecule has 1 aliphatic heterocycles. The van der Waals surface area contributed by atoms with E-state index >= 15 is 0 Å². The minimum atomic E-state index is -2.89. The first-order valence-corrected chi connectivity index (χ1v) is 8.58. The van der Waals surface area contributed by atoms with Gasteiger partial charge < -0.3 is 15.2 Å². The van der Waals surface area contributed by atoms with Crippen LogP contribution in [0.15, 0.2) is 18.2 Å². The second kappa shape index (κ2) is 4.63. The first kappa shape index (κ1) is 13.7. The van der Waals surface area contributed by atoms with Crippen molar-refractivity contribution in [3.05, 3.63) is 23.8 Å². The zero-order valence-corrected chi connectivity index (χ0v) is 12.3. The van der Waals surface area contributed by atoms with Crippen molar-refractivity contribution in [1.82, 2.24) is 0 Å². The van der Waals surface area contributed by atoms with Gasteiger partial charge in [-0.25, -0.2) is 8.42 Å². The summed E-state index contributed by atoms with van der Waals surface area (Å²) in [7, 11) is -1.32. The van der Waals surface area contributed by atoms with Crippen LogP contribution in [0.5, 0.6) is 11.5 Å². The van der Waals surface area contributed by atoms with Crippen LogP contribution in [0, 0.1) is 0 Å². The topological polar surface area (TPSA) is 78.6 Å². The number of hydrogen-bond acceptors (Lipinski definition) is 5. The van der Waals surface area contributed by atoms with Gasteiger partial charge in [-0.1, -0.05) is 6.07 Å². The number of benzene rings is 1. The van der Waals surface area contributed by atoms with Crippen LogP contribution in [0.4, 0.5) is 0 Å². The van der Waals surface area contributed by atoms with Crippen molar-refractivity contribution in [2.24, 2.45) is 5.73 Å². The Hall–Kier alpha value is -1.27. The molecule has 2 aliphatic rings. The van der Waals surface area contributed by atoms with Crippen molar-refractivity contribution < 1.29 is 17.9 Å². The minimum absolute atomic E-state index is 0.0775. The van der Waals surface area contributed by atoms with Crippen molar-refractivity contribution in [3.8, 4) is 11.5 Å². The summed E-state index contributed by atoms with van der Waals surface area (Å²) >= 11 is 0. The molecule has 3 rings (SSSR count). The van der Waals surface area contributed by atoms with E-state index in [1.54, 1.807) is 7.11 Å². The molecule has 6 heteroatoms. The van der Waals surface area contributed by atoms with Crippen molar-refractivity contribution >= 4 is 9.84 Å². The Balaban J connectivity index is 1.82. The molecular formula is C14H19NO4S. The molecule has 2 N–H and O–H groups in total. The van der Waals surface area contributed by atoms with Gasteiger partial charge in [0.05, 0.1) is 18.6 Å². The Morgan fingerprint density at radius 2 is 1.95 bits per heavy atom. The third kappa shape index (κ3) is 2.38. The van der Waals surface area contributed by atoms with Crippen LogP contribution in [0.2, 0.25) is 0 Å². The van der Waals surface area contributed by atoms with Gasteiger partial charge in [0.1, 0.15) is 6.10 Å². The molecule has 1 saturated heterocycles. The molecule has 5 nitrogen and oxygen atoms in total. The molecule has 0 radical (unpaired) electrons. The summed E-state index contributed by atoms with van der Waals surface area (Å²) in [5.41, 5.74) is 7.07. The molecule has 20 heavy (non-hydrogen) atoms. The van der Waals surface area contributed by atoms with Crippen LogP contribution in [-0.2, 0) is 15.4 Å². The van der Waals surface area contributed by atoms with Crippen LogP contribution in [0.25, 0.3) is 0 Å². The maximum absolute atomic E-state index is 11.2. The van der Waals surface area contributed by atoms with Gasteiger partial charge >= 0.3 is 0 Å². The van der Waals surface area contributed by atoms with E-state index in [-0.39, 0.29) is 23.1 Å². The fourth-order valence-electron chi connectivity index (χ4n) is 2.69. The van der Waals surface area contributed by atoms with E-state index in [4.69, 9.17) is 15.2 Å². The second-order valence-corrected chi connectivity index (χ2v) is 7.85. The maximum atomic E-state index is 11.2. The number of ether oxygens (including phenoxy) is 2. The third-order valence-electron chi connectivity index (χ3n) is 4.16. The number of sulfone groups is 1. The van der Waals surface area contributed by atoms with Gasteiger partial charge in [0.25, 0.3) is 0 Å². The quantitative estimate of drug-likeness (QED) is 0.903. The molecule has 0 atom stereocenters. The molecule has 0 bridgehead atoms. The molecule has 1 aromatic rings. The average molecular weight is 297 g/mol. The van der Waals surface area contributed by atoms with Crippen molar-refractivity contribution in [3.63, 3.8) is 0 Å². The lowest BCUT2D eigenvalue weighted by atomic mass is 9.73. The van der Waals surface area contributed by atoms with E-state index in [1.165, 1.54) is 0 Å². The van der Waals surface area contributed by atoms with Crippen molar-refractivity contribution in [1.29, 1.82) is 0 Å². The van der Waals surface area contributed by atoms with E-state index in [0.717, 1.165) is 24.8 Å². The Morgan fingerprint density at radius 1 is 1.25 bits per heavy atom. The molecule has 0 spiro atoms. The lowest BCUT2D eigenvalue weighted by Gasteiger charge is -2.39. The fourth-order valence-corrected chi connectivity index (χ4v) is 3.86. The van der Waals surface area contributed by atoms with Crippen LogP contribution in [0.1, 0.15) is 24.8 Å². The van der Waals surface area contributed by atoms with Gasteiger partial charge in [-0.3, -0.25) is 0 Å². The van der Waals surface area contributed by atoms with E-state index in [0.29, 0.717) is 11.5 Å². The van der Waals surface area contributed by atoms with Crippen LogP contribution < -0.4 is 15.2 Å². The number of rotatable bonds is 4. The van der Waals surface area contributed by atoms with Crippen LogP contribution in [0.3, 0.4) is 0 Å². The van der Waals surface area contributed by atoms with Gasteiger partial charge in [-0.2, -0.15) is 0 Å². The summed E-state index contributed by atoms with van der Waals surface area (Å²) in [6, 6.07) is 5.69. The summed E-state index contributed by atoms with van der Waals surface area (Å²) < 4.78 is 33.4. The lowest BCUT2D eigenvalue weighted by molar-refractivity contribution is 0.215. The van der Waals surface area contributed by atoms with Crippen molar-refractivity contribution in [2.45, 2.75) is 30.9 Å². The zero-order valence-electron chi connectivity index (χ0n) is 11.5. The summed E-state index contributed by atoms with van der Waals surface area (Å²) in [5, 5.41) is 0. The van der Waals surface area contributed by atoms with E-state index in [9.17, 15) is 8.42 Å². The lowest BCUT2D eigenvalue weighted by Crippen LogP contribution is -2.45. The number of nitrogens with two attached hydrogens (primary N) is 1. The molecule has 0 aromatic heterocycles. The molecule has 0 unspecified atom stereocenters. The van der Waals surface area contributed by atoms with Gasteiger partial charge in [0.15, 0.2) is 21.3 Å². The predicted molar refractivity (Wildman–Crippen MR) is 75.8 cm³/mol. The highest BCUT2D eigenvalue weighted by Gasteiger charge is 2.37. The Morgan fingerprint density at radius 3 is 2.45 bits per heavy atom. The highest BCUT2D eigenvalue weighted by Crippen LogP contribution is 2.42. The Labute approximate surface area is 119 Å². The zero-order chi connectivity index (χ0) is 14.4. The van der Waals surface area contributed by atoms with Crippen molar-refractivity contribution in [2.75, 3.05) is 18.6 Å². The van der Waals surface area contributed by atoms with Crippen LogP contribution in [-0.4, -0.2) is 33.1 Å². The van der Waals surface area contributed by atoms with Gasteiger partial charge in [0, 0.05) is 5.54 Å². The minimum Gasteiger partial charge on any atom is -0.493 e. The summed E-state index contributed by atoms with van der Waals surface area (Å²) in [5.74, 6) is 1.35. The second-order valence-electron chi connectivity index (χ2n) is 5.69. The van der Waals surface area contributed by atoms with E-state index < -0.39 is 9.84 Å². The maximum Gasteiger partial charge on any atom is 0.162 e. The fraction of sp³-hybridized carbons (Fsp3) is 0.571. The molecule has 0 amide bonds.